The molecule has 4 heteroatoms. The molecule has 20 heavy (non-hydrogen) atoms. The smallest absolute Gasteiger partial charge is 0.223 e. The summed E-state index contributed by atoms with van der Waals surface area (Å²) in [5.41, 5.74) is 2.01. The van der Waals surface area contributed by atoms with Crippen molar-refractivity contribution in [3.8, 4) is 0 Å². The van der Waals surface area contributed by atoms with Gasteiger partial charge in [0.15, 0.2) is 0 Å². The number of amides is 1. The highest BCUT2D eigenvalue weighted by molar-refractivity contribution is 5.77. The first-order valence-corrected chi connectivity index (χ1v) is 7.70. The third kappa shape index (κ3) is 3.84. The summed E-state index contributed by atoms with van der Waals surface area (Å²) in [7, 11) is 0. The van der Waals surface area contributed by atoms with E-state index in [1.165, 1.54) is 12.8 Å². The number of carbonyl (C=O) groups is 1. The quantitative estimate of drug-likeness (QED) is 0.769. The van der Waals surface area contributed by atoms with Crippen LogP contribution in [0.1, 0.15) is 56.5 Å². The maximum atomic E-state index is 12.4. The monoisotopic (exact) mass is 278 g/mol. The maximum Gasteiger partial charge on any atom is 0.223 e. The number of hydrogen-bond donors (Lipinski definition) is 0. The Morgan fingerprint density at radius 1 is 1.40 bits per heavy atom. The lowest BCUT2D eigenvalue weighted by Gasteiger charge is -2.23. The number of rotatable bonds is 7. The predicted octanol–water partition coefficient (Wildman–Crippen LogP) is 3.26. The average Bonchev–Trinajstić information content (AvgIpc) is 3.16. The molecule has 1 amide bonds. The summed E-state index contributed by atoms with van der Waals surface area (Å²) in [6, 6.07) is 0.505. The zero-order valence-electron chi connectivity index (χ0n) is 13.1. The Morgan fingerprint density at radius 2 is 2.10 bits per heavy atom. The van der Waals surface area contributed by atoms with Crippen molar-refractivity contribution in [2.75, 3.05) is 6.54 Å². The van der Waals surface area contributed by atoms with E-state index in [4.69, 9.17) is 4.52 Å². The van der Waals surface area contributed by atoms with Gasteiger partial charge < -0.3 is 9.42 Å². The van der Waals surface area contributed by atoms with E-state index in [-0.39, 0.29) is 5.91 Å². The van der Waals surface area contributed by atoms with Crippen molar-refractivity contribution in [3.63, 3.8) is 0 Å². The number of hydrogen-bond acceptors (Lipinski definition) is 3. The van der Waals surface area contributed by atoms with E-state index < -0.39 is 0 Å². The van der Waals surface area contributed by atoms with Crippen LogP contribution in [0.5, 0.6) is 0 Å². The Kier molecular flexibility index (Phi) is 4.84. The molecule has 1 fully saturated rings. The minimum Gasteiger partial charge on any atom is -0.361 e. The Morgan fingerprint density at radius 3 is 2.60 bits per heavy atom. The van der Waals surface area contributed by atoms with Crippen LogP contribution in [0.25, 0.3) is 0 Å². The van der Waals surface area contributed by atoms with Crippen LogP contribution in [0.4, 0.5) is 0 Å². The molecule has 0 aromatic carbocycles. The maximum absolute atomic E-state index is 12.4. The fraction of sp³-hybridized carbons (Fsp3) is 0.750. The van der Waals surface area contributed by atoms with Gasteiger partial charge in [-0.25, -0.2) is 0 Å². The van der Waals surface area contributed by atoms with Gasteiger partial charge in [0.2, 0.25) is 5.91 Å². The van der Waals surface area contributed by atoms with Crippen molar-refractivity contribution in [2.24, 2.45) is 5.92 Å². The highest BCUT2D eigenvalue weighted by Gasteiger charge is 2.32. The molecule has 1 aliphatic carbocycles. The number of nitrogens with zero attached hydrogens (tertiary/aromatic N) is 2. The topological polar surface area (TPSA) is 46.3 Å². The molecule has 0 atom stereocenters. The van der Waals surface area contributed by atoms with Crippen molar-refractivity contribution < 1.29 is 9.32 Å². The molecule has 0 radical (unpaired) electrons. The van der Waals surface area contributed by atoms with Gasteiger partial charge in [-0.3, -0.25) is 4.79 Å². The molecule has 0 unspecified atom stereocenters. The molecule has 0 spiro atoms. The van der Waals surface area contributed by atoms with Crippen molar-refractivity contribution in [3.05, 3.63) is 17.0 Å². The van der Waals surface area contributed by atoms with Crippen LogP contribution in [-0.4, -0.2) is 28.6 Å². The molecular formula is C16H26N2O2. The van der Waals surface area contributed by atoms with Gasteiger partial charge in [0.25, 0.3) is 0 Å². The van der Waals surface area contributed by atoms with E-state index >= 15 is 0 Å². The summed E-state index contributed by atoms with van der Waals surface area (Å²) in [5, 5.41) is 3.95. The van der Waals surface area contributed by atoms with Gasteiger partial charge in [0.1, 0.15) is 5.76 Å². The molecule has 0 aliphatic heterocycles. The van der Waals surface area contributed by atoms with Crippen LogP contribution >= 0.6 is 0 Å². The first kappa shape index (κ1) is 15.1. The van der Waals surface area contributed by atoms with E-state index in [0.717, 1.165) is 36.4 Å². The van der Waals surface area contributed by atoms with Crippen molar-refractivity contribution in [1.82, 2.24) is 10.1 Å². The Labute approximate surface area is 121 Å². The second-order valence-electron chi connectivity index (χ2n) is 6.30. The molecular weight excluding hydrogens is 252 g/mol. The predicted molar refractivity (Wildman–Crippen MR) is 78.5 cm³/mol. The van der Waals surface area contributed by atoms with Crippen LogP contribution in [0.2, 0.25) is 0 Å². The summed E-state index contributed by atoms with van der Waals surface area (Å²) >= 11 is 0. The fourth-order valence-corrected chi connectivity index (χ4v) is 2.53. The molecule has 1 heterocycles. The van der Waals surface area contributed by atoms with Crippen LogP contribution in [0.3, 0.4) is 0 Å². The van der Waals surface area contributed by atoms with Crippen LogP contribution in [0, 0.1) is 19.8 Å². The Balaban J connectivity index is 1.88. The average molecular weight is 278 g/mol. The van der Waals surface area contributed by atoms with E-state index in [9.17, 15) is 4.79 Å². The van der Waals surface area contributed by atoms with Crippen LogP contribution < -0.4 is 0 Å². The highest BCUT2D eigenvalue weighted by Crippen LogP contribution is 2.28. The fourth-order valence-electron chi connectivity index (χ4n) is 2.53. The minimum absolute atomic E-state index is 0.285. The van der Waals surface area contributed by atoms with Gasteiger partial charge in [-0.1, -0.05) is 19.0 Å². The molecule has 1 aromatic rings. The lowest BCUT2D eigenvalue weighted by molar-refractivity contribution is -0.131. The van der Waals surface area contributed by atoms with Gasteiger partial charge in [0, 0.05) is 24.6 Å². The van der Waals surface area contributed by atoms with Crippen LogP contribution in [0.15, 0.2) is 4.52 Å². The molecule has 1 saturated carbocycles. The second-order valence-corrected chi connectivity index (χ2v) is 6.30. The normalized spacial score (nSPS) is 14.8. The third-order valence-corrected chi connectivity index (χ3v) is 4.03. The summed E-state index contributed by atoms with van der Waals surface area (Å²) in [6.07, 6.45) is 4.75. The number of carbonyl (C=O) groups excluding carboxylic acids is 1. The zero-order chi connectivity index (χ0) is 14.7. The van der Waals surface area contributed by atoms with Crippen molar-refractivity contribution >= 4 is 5.91 Å². The summed E-state index contributed by atoms with van der Waals surface area (Å²) in [5.74, 6) is 1.77. The molecule has 4 nitrogen and oxygen atoms in total. The third-order valence-electron chi connectivity index (χ3n) is 4.03. The zero-order valence-corrected chi connectivity index (χ0v) is 13.1. The van der Waals surface area contributed by atoms with Gasteiger partial charge in [-0.15, -0.1) is 0 Å². The summed E-state index contributed by atoms with van der Waals surface area (Å²) in [6.45, 7) is 9.17. The first-order valence-electron chi connectivity index (χ1n) is 7.70. The van der Waals surface area contributed by atoms with E-state index in [2.05, 4.69) is 23.9 Å². The molecule has 1 aromatic heterocycles. The minimum atomic E-state index is 0.285. The first-order chi connectivity index (χ1) is 9.49. The lowest BCUT2D eigenvalue weighted by Crippen LogP contribution is -2.34. The van der Waals surface area contributed by atoms with E-state index in [1.54, 1.807) is 0 Å². The van der Waals surface area contributed by atoms with E-state index in [1.807, 2.05) is 13.8 Å². The lowest BCUT2D eigenvalue weighted by atomic mass is 10.1. The van der Waals surface area contributed by atoms with Gasteiger partial charge >= 0.3 is 0 Å². The molecule has 1 aliphatic rings. The summed E-state index contributed by atoms with van der Waals surface area (Å²) in [4.78, 5) is 14.5. The largest absolute Gasteiger partial charge is 0.361 e. The van der Waals surface area contributed by atoms with Gasteiger partial charge in [-0.05, 0) is 45.4 Å². The number of aromatic nitrogens is 1. The standard InChI is InChI=1S/C16H26N2O2/c1-11(2)9-10-18(14-5-6-14)16(19)8-7-15-12(3)17-20-13(15)4/h11,14H,5-10H2,1-4H3. The molecule has 2 rings (SSSR count). The molecule has 0 bridgehead atoms. The molecule has 0 N–H and O–H groups in total. The van der Waals surface area contributed by atoms with Crippen LogP contribution in [-0.2, 0) is 11.2 Å². The van der Waals surface area contributed by atoms with Gasteiger partial charge in [-0.2, -0.15) is 0 Å². The Bertz CT molecular complexity index is 442. The SMILES string of the molecule is Cc1noc(C)c1CCC(=O)N(CCC(C)C)C1CC1. The summed E-state index contributed by atoms with van der Waals surface area (Å²) < 4.78 is 5.15. The molecule has 112 valence electrons. The Hall–Kier alpha value is -1.32. The van der Waals surface area contributed by atoms with Gasteiger partial charge in [0.05, 0.1) is 5.69 Å². The second kappa shape index (κ2) is 6.42. The van der Waals surface area contributed by atoms with E-state index in [0.29, 0.717) is 18.4 Å². The molecule has 0 saturated heterocycles. The van der Waals surface area contributed by atoms with Crippen molar-refractivity contribution in [2.45, 2.75) is 65.8 Å². The van der Waals surface area contributed by atoms with Crippen molar-refractivity contribution in [1.29, 1.82) is 0 Å². The number of aryl methyl sites for hydroxylation is 2. The highest BCUT2D eigenvalue weighted by atomic mass is 16.5.